The van der Waals surface area contributed by atoms with Gasteiger partial charge in [0.05, 0.1) is 18.6 Å². The Labute approximate surface area is 248 Å². The van der Waals surface area contributed by atoms with E-state index in [-0.39, 0.29) is 31.2 Å². The zero-order valence-electron chi connectivity index (χ0n) is 23.9. The number of fused-ring (bicyclic) bond motifs is 3. The first kappa shape index (κ1) is 29.4. The molecule has 3 fully saturated rings. The van der Waals surface area contributed by atoms with Crippen LogP contribution in [0.5, 0.6) is 0 Å². The Bertz CT molecular complexity index is 1510. The molecule has 0 aromatic heterocycles. The topological polar surface area (TPSA) is 135 Å². The predicted molar refractivity (Wildman–Crippen MR) is 154 cm³/mol. The van der Waals surface area contributed by atoms with E-state index in [1.54, 1.807) is 24.3 Å². The van der Waals surface area contributed by atoms with Crippen LogP contribution in [-0.2, 0) is 30.4 Å². The number of aliphatic hydroxyl groups excluding tert-OH is 2. The summed E-state index contributed by atoms with van der Waals surface area (Å²) in [6.45, 7) is 4.09. The first-order valence-electron chi connectivity index (χ1n) is 14.5. The van der Waals surface area contributed by atoms with Gasteiger partial charge in [-0.05, 0) is 48.6 Å². The maximum atomic E-state index is 14.5. The van der Waals surface area contributed by atoms with Crippen molar-refractivity contribution in [1.29, 1.82) is 0 Å². The van der Waals surface area contributed by atoms with Crippen LogP contribution in [0.2, 0.25) is 0 Å². The predicted octanol–water partition coefficient (Wildman–Crippen LogP) is 3.96. The van der Waals surface area contributed by atoms with Gasteiger partial charge >= 0.3 is 5.97 Å². The molecule has 0 unspecified atom stereocenters. The first-order valence-corrected chi connectivity index (χ1v) is 14.5. The second-order valence-electron chi connectivity index (χ2n) is 11.8. The van der Waals surface area contributed by atoms with Crippen molar-refractivity contribution in [3.63, 3.8) is 0 Å². The zero-order valence-corrected chi connectivity index (χ0v) is 23.9. The minimum Gasteiger partial charge on any atom is -0.481 e. The number of carbonyl (C=O) groups excluding carboxylic acids is 1. The van der Waals surface area contributed by atoms with Gasteiger partial charge in [0.2, 0.25) is 5.60 Å². The molecule has 1 amide bonds. The van der Waals surface area contributed by atoms with Gasteiger partial charge in [0.25, 0.3) is 5.91 Å². The quantitative estimate of drug-likeness (QED) is 0.233. The summed E-state index contributed by atoms with van der Waals surface area (Å²) in [5.74, 6) is -2.21. The lowest BCUT2D eigenvalue weighted by Crippen LogP contribution is -2.52. The van der Waals surface area contributed by atoms with E-state index in [4.69, 9.17) is 14.6 Å². The number of carboxylic acid groups (broad SMARTS) is 1. The van der Waals surface area contributed by atoms with Crippen LogP contribution < -0.4 is 5.32 Å². The lowest BCUT2D eigenvalue weighted by molar-refractivity contribution is -0.139. The summed E-state index contributed by atoms with van der Waals surface area (Å²) >= 11 is 0. The van der Waals surface area contributed by atoms with Gasteiger partial charge in [-0.1, -0.05) is 74.5 Å². The van der Waals surface area contributed by atoms with Crippen LogP contribution in [0.3, 0.4) is 0 Å². The average molecular weight is 591 g/mol. The van der Waals surface area contributed by atoms with Crippen molar-refractivity contribution in [3.8, 4) is 0 Å². The fraction of sp³-hybridized carbons (Fsp3) is 0.394. The number of para-hydroxylation sites is 1. The summed E-state index contributed by atoms with van der Waals surface area (Å²) in [5.41, 5.74) is -3.34. The van der Waals surface area contributed by atoms with Crippen molar-refractivity contribution in [3.05, 3.63) is 102 Å². The third-order valence-electron chi connectivity index (χ3n) is 8.97. The van der Waals surface area contributed by atoms with Crippen molar-refractivity contribution in [2.24, 2.45) is 5.92 Å². The summed E-state index contributed by atoms with van der Waals surface area (Å²) in [7, 11) is 0. The van der Waals surface area contributed by atoms with Crippen molar-refractivity contribution in [2.45, 2.75) is 68.0 Å². The lowest BCUT2D eigenvalue weighted by atomic mass is 9.76. The van der Waals surface area contributed by atoms with E-state index in [0.29, 0.717) is 16.8 Å². The Kier molecular flexibility index (Phi) is 7.18. The molecule has 3 aromatic carbocycles. The van der Waals surface area contributed by atoms with Gasteiger partial charge in [0, 0.05) is 17.8 Å². The fourth-order valence-corrected chi connectivity index (χ4v) is 7.25. The minimum absolute atomic E-state index is 0.127. The molecule has 6 atom stereocenters. The molecule has 0 saturated carbocycles. The Morgan fingerprint density at radius 3 is 2.12 bits per heavy atom. The molecule has 4 N–H and O–H groups in total. The Hall–Kier alpha value is -3.67. The number of halogens is 1. The smallest absolute Gasteiger partial charge is 0.305 e. The van der Waals surface area contributed by atoms with E-state index in [1.807, 2.05) is 67.3 Å². The highest BCUT2D eigenvalue weighted by Gasteiger charge is 3.06. The highest BCUT2D eigenvalue weighted by molar-refractivity contribution is 6.03. The molecule has 9 nitrogen and oxygen atoms in total. The van der Waals surface area contributed by atoms with Crippen LogP contribution in [0, 0.1) is 11.7 Å². The van der Waals surface area contributed by atoms with Gasteiger partial charge in [0.1, 0.15) is 5.82 Å². The standard InChI is InChI=1S/C33H35FN2O7/c1-21(2)32-31(43-32,29(41)35-25-11-7-4-8-12-25)30(22-9-5-3-6-10-22)33(42-30,23-13-15-24(34)16-14-23)36(32)18-17-26(37)19-27(38)20-28(39)40/h3-16,21,26-27,37-38H,17-20H2,1-2H3,(H,35,41)(H,39,40)/t26-,27-,30-,31-,32-,33+/m1/s1. The molecule has 0 bridgehead atoms. The summed E-state index contributed by atoms with van der Waals surface area (Å²) in [6, 6.07) is 24.4. The third-order valence-corrected chi connectivity index (χ3v) is 8.97. The molecule has 3 aliphatic heterocycles. The van der Waals surface area contributed by atoms with Crippen LogP contribution in [0.15, 0.2) is 84.9 Å². The number of hydrogen-bond acceptors (Lipinski definition) is 7. The number of epoxide rings is 2. The molecule has 0 radical (unpaired) electrons. The molecule has 10 heteroatoms. The van der Waals surface area contributed by atoms with E-state index in [1.165, 1.54) is 12.1 Å². The molecule has 3 saturated heterocycles. The largest absolute Gasteiger partial charge is 0.481 e. The molecule has 0 aliphatic carbocycles. The monoisotopic (exact) mass is 590 g/mol. The fourth-order valence-electron chi connectivity index (χ4n) is 7.25. The average Bonchev–Trinajstić information content (AvgIpc) is 3.86. The van der Waals surface area contributed by atoms with Crippen LogP contribution in [0.1, 0.15) is 44.2 Å². The molecule has 226 valence electrons. The highest BCUT2D eigenvalue weighted by Crippen LogP contribution is 2.86. The minimum atomic E-state index is -1.52. The number of amides is 1. The van der Waals surface area contributed by atoms with E-state index < -0.39 is 53.1 Å². The number of anilines is 1. The Morgan fingerprint density at radius 1 is 0.884 bits per heavy atom. The number of likely N-dealkylation sites (tertiary alicyclic amines) is 1. The number of benzene rings is 3. The van der Waals surface area contributed by atoms with Crippen LogP contribution >= 0.6 is 0 Å². The van der Waals surface area contributed by atoms with Crippen molar-refractivity contribution in [1.82, 2.24) is 4.90 Å². The third kappa shape index (κ3) is 4.16. The summed E-state index contributed by atoms with van der Waals surface area (Å²) in [6.07, 6.45) is -2.75. The van der Waals surface area contributed by atoms with Gasteiger partial charge in [-0.15, -0.1) is 0 Å². The van der Waals surface area contributed by atoms with E-state index in [9.17, 15) is 24.2 Å². The summed E-state index contributed by atoms with van der Waals surface area (Å²) in [5, 5.41) is 33.1. The number of nitrogens with zero attached hydrogens (tertiary/aromatic N) is 1. The molecule has 3 aliphatic rings. The van der Waals surface area contributed by atoms with Crippen molar-refractivity contribution in [2.75, 3.05) is 11.9 Å². The lowest BCUT2D eigenvalue weighted by Gasteiger charge is -2.36. The van der Waals surface area contributed by atoms with E-state index >= 15 is 0 Å². The Balaban J connectivity index is 1.47. The number of rotatable bonds is 12. The zero-order chi connectivity index (χ0) is 30.6. The first-order chi connectivity index (χ1) is 20.5. The number of aliphatic hydroxyl groups is 2. The van der Waals surface area contributed by atoms with E-state index in [2.05, 4.69) is 5.32 Å². The van der Waals surface area contributed by atoms with Gasteiger partial charge in [-0.25, -0.2) is 9.29 Å². The second kappa shape index (κ2) is 10.5. The van der Waals surface area contributed by atoms with Crippen LogP contribution in [0.25, 0.3) is 0 Å². The molecular weight excluding hydrogens is 555 g/mol. The number of carbonyl (C=O) groups is 2. The van der Waals surface area contributed by atoms with Gasteiger partial charge in [0.15, 0.2) is 17.1 Å². The summed E-state index contributed by atoms with van der Waals surface area (Å²) < 4.78 is 27.7. The maximum Gasteiger partial charge on any atom is 0.305 e. The van der Waals surface area contributed by atoms with Gasteiger partial charge in [-0.2, -0.15) is 0 Å². The maximum absolute atomic E-state index is 14.5. The van der Waals surface area contributed by atoms with Crippen LogP contribution in [0.4, 0.5) is 10.1 Å². The van der Waals surface area contributed by atoms with Crippen molar-refractivity contribution < 1.29 is 38.8 Å². The van der Waals surface area contributed by atoms with Gasteiger partial charge < -0.3 is 30.1 Å². The highest BCUT2D eigenvalue weighted by atomic mass is 19.1. The normalized spacial score (nSPS) is 30.3. The number of aliphatic carboxylic acids is 1. The molecule has 6 rings (SSSR count). The SMILES string of the molecule is CC(C)[C@@]12O[C@]1(C(=O)Nc1ccccc1)[C@@]1(c3ccccc3)O[C@]1(c1ccc(F)cc1)N2CC[C@@H](O)C[C@@H](O)CC(=O)O. The number of nitrogens with one attached hydrogen (secondary N) is 1. The molecule has 0 spiro atoms. The molecular formula is C33H35FN2O7. The molecule has 43 heavy (non-hydrogen) atoms. The number of carboxylic acids is 1. The number of ether oxygens (including phenoxy) is 2. The molecule has 3 aromatic rings. The summed E-state index contributed by atoms with van der Waals surface area (Å²) in [4.78, 5) is 27.5. The van der Waals surface area contributed by atoms with Crippen LogP contribution in [-0.4, -0.2) is 62.2 Å². The second-order valence-corrected chi connectivity index (χ2v) is 11.8. The number of hydrogen-bond donors (Lipinski definition) is 4. The van der Waals surface area contributed by atoms with Gasteiger partial charge in [-0.3, -0.25) is 9.59 Å². The van der Waals surface area contributed by atoms with E-state index in [0.717, 1.165) is 0 Å². The Morgan fingerprint density at radius 2 is 1.51 bits per heavy atom. The molecule has 3 heterocycles. The van der Waals surface area contributed by atoms with Crippen molar-refractivity contribution >= 4 is 17.6 Å².